The number of nitrogens with one attached hydrogen (secondary N) is 1. The molecular weight excluding hydrogens is 194 g/mol. The maximum atomic E-state index is 3.81. The lowest BCUT2D eigenvalue weighted by Gasteiger charge is -2.23. The molecule has 3 unspecified atom stereocenters. The van der Waals surface area contributed by atoms with Gasteiger partial charge in [-0.05, 0) is 23.8 Å². The molecule has 1 nitrogen and oxygen atoms in total. The molecular formula is C15H23N. The second-order valence-corrected chi connectivity index (χ2v) is 5.31. The van der Waals surface area contributed by atoms with Crippen LogP contribution in [-0.2, 0) is 0 Å². The fourth-order valence-electron chi connectivity index (χ4n) is 2.47. The van der Waals surface area contributed by atoms with Crippen molar-refractivity contribution in [1.29, 1.82) is 0 Å². The van der Waals surface area contributed by atoms with E-state index in [-0.39, 0.29) is 0 Å². The van der Waals surface area contributed by atoms with E-state index in [4.69, 9.17) is 0 Å². The quantitative estimate of drug-likeness (QED) is 0.791. The highest BCUT2D eigenvalue weighted by Crippen LogP contribution is 2.36. The highest BCUT2D eigenvalue weighted by molar-refractivity contribution is 5.20. The average Bonchev–Trinajstić information content (AvgIpc) is 3.05. The number of hydrogen-bond acceptors (Lipinski definition) is 1. The number of hydrogen-bond donors (Lipinski definition) is 1. The van der Waals surface area contributed by atoms with Gasteiger partial charge >= 0.3 is 0 Å². The van der Waals surface area contributed by atoms with Crippen LogP contribution >= 0.6 is 0 Å². The van der Waals surface area contributed by atoms with E-state index in [1.165, 1.54) is 18.4 Å². The molecule has 0 radical (unpaired) electrons. The molecule has 1 aromatic carbocycles. The molecule has 1 aliphatic carbocycles. The van der Waals surface area contributed by atoms with Gasteiger partial charge in [-0.2, -0.15) is 0 Å². The molecule has 1 aromatic rings. The van der Waals surface area contributed by atoms with Gasteiger partial charge in [0, 0.05) is 12.1 Å². The van der Waals surface area contributed by atoms with Crippen molar-refractivity contribution in [3.05, 3.63) is 35.9 Å². The summed E-state index contributed by atoms with van der Waals surface area (Å²) >= 11 is 0. The third-order valence-corrected chi connectivity index (χ3v) is 3.67. The minimum absolute atomic E-state index is 0.516. The highest BCUT2D eigenvalue weighted by atomic mass is 15.0. The van der Waals surface area contributed by atoms with Crippen LogP contribution in [0, 0.1) is 11.8 Å². The summed E-state index contributed by atoms with van der Waals surface area (Å²) in [6.45, 7) is 6.89. The molecule has 0 spiro atoms. The summed E-state index contributed by atoms with van der Waals surface area (Å²) in [7, 11) is 0. The molecule has 0 bridgehead atoms. The molecule has 0 amide bonds. The largest absolute Gasteiger partial charge is 0.307 e. The van der Waals surface area contributed by atoms with Crippen LogP contribution in [0.15, 0.2) is 30.3 Å². The Hall–Kier alpha value is -0.820. The van der Waals surface area contributed by atoms with Crippen LogP contribution in [0.3, 0.4) is 0 Å². The summed E-state index contributed by atoms with van der Waals surface area (Å²) in [5, 5.41) is 3.81. The van der Waals surface area contributed by atoms with Gasteiger partial charge in [-0.3, -0.25) is 0 Å². The lowest BCUT2D eigenvalue weighted by atomic mass is 9.96. The standard InChI is InChI=1S/C15H23N/c1-4-12-10-14(12)16-15(11(2)3)13-8-6-5-7-9-13/h5-9,11-12,14-16H,4,10H2,1-3H3. The molecule has 1 heteroatoms. The smallest absolute Gasteiger partial charge is 0.0345 e. The Morgan fingerprint density at radius 1 is 1.25 bits per heavy atom. The van der Waals surface area contributed by atoms with Gasteiger partial charge in [-0.25, -0.2) is 0 Å². The lowest BCUT2D eigenvalue weighted by molar-refractivity contribution is 0.399. The number of rotatable bonds is 5. The zero-order valence-corrected chi connectivity index (χ0v) is 10.6. The van der Waals surface area contributed by atoms with E-state index in [1.807, 2.05) is 0 Å². The Bertz CT molecular complexity index is 317. The Balaban J connectivity index is 2.01. The molecule has 0 heterocycles. The van der Waals surface area contributed by atoms with E-state index in [0.29, 0.717) is 12.0 Å². The van der Waals surface area contributed by atoms with E-state index in [9.17, 15) is 0 Å². The average molecular weight is 217 g/mol. The van der Waals surface area contributed by atoms with E-state index in [2.05, 4.69) is 56.4 Å². The van der Waals surface area contributed by atoms with Crippen molar-refractivity contribution < 1.29 is 0 Å². The molecule has 0 saturated heterocycles. The van der Waals surface area contributed by atoms with Crippen molar-refractivity contribution in [2.45, 2.75) is 45.7 Å². The molecule has 2 rings (SSSR count). The van der Waals surface area contributed by atoms with Crippen LogP contribution in [0.2, 0.25) is 0 Å². The molecule has 3 atom stereocenters. The summed E-state index contributed by atoms with van der Waals surface area (Å²) in [5.41, 5.74) is 1.43. The van der Waals surface area contributed by atoms with Gasteiger partial charge in [-0.1, -0.05) is 57.5 Å². The van der Waals surface area contributed by atoms with Crippen molar-refractivity contribution in [3.8, 4) is 0 Å². The molecule has 88 valence electrons. The maximum Gasteiger partial charge on any atom is 0.0345 e. The molecule has 16 heavy (non-hydrogen) atoms. The fraction of sp³-hybridized carbons (Fsp3) is 0.600. The molecule has 1 saturated carbocycles. The second-order valence-electron chi connectivity index (χ2n) is 5.31. The zero-order valence-electron chi connectivity index (χ0n) is 10.6. The zero-order chi connectivity index (χ0) is 11.5. The number of benzene rings is 1. The first-order valence-electron chi connectivity index (χ1n) is 6.53. The summed E-state index contributed by atoms with van der Waals surface area (Å²) in [4.78, 5) is 0. The van der Waals surface area contributed by atoms with Gasteiger partial charge in [0.15, 0.2) is 0 Å². The van der Waals surface area contributed by atoms with Crippen molar-refractivity contribution in [2.75, 3.05) is 0 Å². The Morgan fingerprint density at radius 2 is 1.94 bits per heavy atom. The van der Waals surface area contributed by atoms with Gasteiger partial charge in [0.25, 0.3) is 0 Å². The minimum atomic E-state index is 0.516. The summed E-state index contributed by atoms with van der Waals surface area (Å²) < 4.78 is 0. The van der Waals surface area contributed by atoms with Crippen LogP contribution in [0.5, 0.6) is 0 Å². The summed E-state index contributed by atoms with van der Waals surface area (Å²) in [6.07, 6.45) is 2.68. The van der Waals surface area contributed by atoms with Crippen molar-refractivity contribution >= 4 is 0 Å². The van der Waals surface area contributed by atoms with Crippen LogP contribution < -0.4 is 5.32 Å². The first-order valence-corrected chi connectivity index (χ1v) is 6.53. The van der Waals surface area contributed by atoms with Crippen molar-refractivity contribution in [3.63, 3.8) is 0 Å². The summed E-state index contributed by atoms with van der Waals surface area (Å²) in [5.74, 6) is 1.57. The predicted molar refractivity (Wildman–Crippen MR) is 69.3 cm³/mol. The van der Waals surface area contributed by atoms with Crippen molar-refractivity contribution in [2.24, 2.45) is 11.8 Å². The van der Waals surface area contributed by atoms with Crippen molar-refractivity contribution in [1.82, 2.24) is 5.32 Å². The van der Waals surface area contributed by atoms with E-state index in [1.54, 1.807) is 0 Å². The van der Waals surface area contributed by atoms with Gasteiger partial charge < -0.3 is 5.32 Å². The second kappa shape index (κ2) is 5.01. The predicted octanol–water partition coefficient (Wildman–Crippen LogP) is 3.77. The molecule has 1 aliphatic rings. The van der Waals surface area contributed by atoms with Gasteiger partial charge in [-0.15, -0.1) is 0 Å². The van der Waals surface area contributed by atoms with Crippen LogP contribution in [0.25, 0.3) is 0 Å². The normalized spacial score (nSPS) is 25.8. The molecule has 0 aromatic heterocycles. The van der Waals surface area contributed by atoms with Gasteiger partial charge in [0.05, 0.1) is 0 Å². The summed E-state index contributed by atoms with van der Waals surface area (Å²) in [6, 6.07) is 12.1. The van der Waals surface area contributed by atoms with Gasteiger partial charge in [0.2, 0.25) is 0 Å². The lowest BCUT2D eigenvalue weighted by Crippen LogP contribution is -2.28. The SMILES string of the molecule is CCC1CC1NC(c1ccccc1)C(C)C. The Kier molecular flexibility index (Phi) is 3.65. The molecule has 0 aliphatic heterocycles. The monoisotopic (exact) mass is 217 g/mol. The molecule has 1 fully saturated rings. The van der Waals surface area contributed by atoms with Crippen LogP contribution in [-0.4, -0.2) is 6.04 Å². The van der Waals surface area contributed by atoms with Crippen LogP contribution in [0.1, 0.15) is 45.2 Å². The van der Waals surface area contributed by atoms with E-state index < -0.39 is 0 Å². The third kappa shape index (κ3) is 2.65. The Morgan fingerprint density at radius 3 is 2.44 bits per heavy atom. The highest BCUT2D eigenvalue weighted by Gasteiger charge is 2.37. The first kappa shape index (κ1) is 11.7. The van der Waals surface area contributed by atoms with Gasteiger partial charge in [0.1, 0.15) is 0 Å². The molecule has 1 N–H and O–H groups in total. The third-order valence-electron chi connectivity index (χ3n) is 3.67. The van der Waals surface area contributed by atoms with Crippen LogP contribution in [0.4, 0.5) is 0 Å². The topological polar surface area (TPSA) is 12.0 Å². The van der Waals surface area contributed by atoms with E-state index >= 15 is 0 Å². The van der Waals surface area contributed by atoms with E-state index in [0.717, 1.165) is 12.0 Å². The minimum Gasteiger partial charge on any atom is -0.307 e. The maximum absolute atomic E-state index is 3.81. The Labute approximate surface area is 99.3 Å². The first-order chi connectivity index (χ1) is 7.72. The fourth-order valence-corrected chi connectivity index (χ4v) is 2.47.